The molecule has 0 saturated carbocycles. The molecule has 1 N–H and O–H groups in total. The monoisotopic (exact) mass is 567 g/mol. The van der Waals surface area contributed by atoms with E-state index in [-0.39, 0.29) is 12.6 Å². The first-order chi connectivity index (χ1) is 16.5. The third-order valence-electron chi connectivity index (χ3n) is 5.06. The lowest BCUT2D eigenvalue weighted by Gasteiger charge is -2.32. The fraction of sp³-hybridized carbons (Fsp3) is 0.391. The van der Waals surface area contributed by atoms with E-state index in [1.165, 1.54) is 6.92 Å². The fourth-order valence-corrected chi connectivity index (χ4v) is 4.60. The van der Waals surface area contributed by atoms with Gasteiger partial charge in [0.15, 0.2) is 0 Å². The van der Waals surface area contributed by atoms with Crippen molar-refractivity contribution in [3.63, 3.8) is 0 Å². The molecule has 0 unspecified atom stereocenters. The Labute approximate surface area is 218 Å². The number of rotatable bonds is 9. The van der Waals surface area contributed by atoms with Crippen LogP contribution in [0.1, 0.15) is 31.9 Å². The van der Waals surface area contributed by atoms with Crippen molar-refractivity contribution < 1.29 is 31.2 Å². The standard InChI is InChI=1S/C23H26Cl2F3N3O4S/c1-14(2)29-22(33)15(3)30(12-16-6-5-7-17(24)10-16)21(32)13-31(36(4,34)35)18-8-9-20(25)19(11-18)23(26,27)28/h5-11,14-15H,12-13H2,1-4H3,(H,29,33)/t15-/m1/s1. The van der Waals surface area contributed by atoms with Crippen LogP contribution in [0.25, 0.3) is 0 Å². The topological polar surface area (TPSA) is 86.8 Å². The van der Waals surface area contributed by atoms with Crippen molar-refractivity contribution in [2.45, 2.75) is 45.6 Å². The molecular weight excluding hydrogens is 542 g/mol. The summed E-state index contributed by atoms with van der Waals surface area (Å²) in [6.45, 7) is 3.99. The molecule has 0 aliphatic rings. The number of sulfonamides is 1. The van der Waals surface area contributed by atoms with Gasteiger partial charge >= 0.3 is 6.18 Å². The quantitative estimate of drug-likeness (QED) is 0.475. The molecule has 0 bridgehead atoms. The second-order valence-electron chi connectivity index (χ2n) is 8.42. The summed E-state index contributed by atoms with van der Waals surface area (Å²) >= 11 is 11.7. The van der Waals surface area contributed by atoms with Crippen molar-refractivity contribution >= 4 is 50.7 Å². The summed E-state index contributed by atoms with van der Waals surface area (Å²) in [6, 6.07) is 7.80. The number of hydrogen-bond donors (Lipinski definition) is 1. The molecule has 0 fully saturated rings. The van der Waals surface area contributed by atoms with Crippen molar-refractivity contribution in [1.29, 1.82) is 0 Å². The lowest BCUT2D eigenvalue weighted by atomic mass is 10.1. The molecule has 0 saturated heterocycles. The molecule has 13 heteroatoms. The molecule has 198 valence electrons. The Hall–Kier alpha value is -2.50. The lowest BCUT2D eigenvalue weighted by molar-refractivity contribution is -0.139. The van der Waals surface area contributed by atoms with Gasteiger partial charge in [0.2, 0.25) is 21.8 Å². The number of alkyl halides is 3. The van der Waals surface area contributed by atoms with Crippen LogP contribution in [-0.4, -0.2) is 50.0 Å². The Morgan fingerprint density at radius 1 is 1.06 bits per heavy atom. The average Bonchev–Trinajstić information content (AvgIpc) is 2.73. The van der Waals surface area contributed by atoms with E-state index in [9.17, 15) is 31.2 Å². The number of nitrogens with one attached hydrogen (secondary N) is 1. The highest BCUT2D eigenvalue weighted by molar-refractivity contribution is 7.92. The van der Waals surface area contributed by atoms with Crippen molar-refractivity contribution in [3.05, 3.63) is 63.6 Å². The van der Waals surface area contributed by atoms with Gasteiger partial charge in [0, 0.05) is 17.6 Å². The molecule has 0 aromatic heterocycles. The van der Waals surface area contributed by atoms with Gasteiger partial charge in [-0.2, -0.15) is 13.2 Å². The largest absolute Gasteiger partial charge is 0.417 e. The second kappa shape index (κ2) is 11.7. The van der Waals surface area contributed by atoms with Gasteiger partial charge in [-0.1, -0.05) is 35.3 Å². The van der Waals surface area contributed by atoms with E-state index in [0.29, 0.717) is 21.0 Å². The Morgan fingerprint density at radius 3 is 2.22 bits per heavy atom. The number of carbonyl (C=O) groups is 2. The molecule has 2 rings (SSSR count). The summed E-state index contributed by atoms with van der Waals surface area (Å²) in [4.78, 5) is 27.2. The van der Waals surface area contributed by atoms with E-state index in [2.05, 4.69) is 5.32 Å². The van der Waals surface area contributed by atoms with Crippen molar-refractivity contribution in [2.75, 3.05) is 17.1 Å². The van der Waals surface area contributed by atoms with Crippen molar-refractivity contribution in [1.82, 2.24) is 10.2 Å². The molecule has 1 atom stereocenters. The zero-order valence-electron chi connectivity index (χ0n) is 19.9. The minimum absolute atomic E-state index is 0.0991. The highest BCUT2D eigenvalue weighted by Crippen LogP contribution is 2.37. The van der Waals surface area contributed by atoms with E-state index in [4.69, 9.17) is 23.2 Å². The van der Waals surface area contributed by atoms with Gasteiger partial charge in [-0.3, -0.25) is 13.9 Å². The van der Waals surface area contributed by atoms with Gasteiger partial charge in [-0.05, 0) is 56.7 Å². The minimum atomic E-state index is -4.84. The maximum atomic E-state index is 13.4. The van der Waals surface area contributed by atoms with Crippen molar-refractivity contribution in [3.8, 4) is 0 Å². The predicted octanol–water partition coefficient (Wildman–Crippen LogP) is 4.72. The van der Waals surface area contributed by atoms with Crippen LogP contribution in [0.2, 0.25) is 10.0 Å². The summed E-state index contributed by atoms with van der Waals surface area (Å²) in [5.41, 5.74) is -1.08. The smallest absolute Gasteiger partial charge is 0.352 e. The number of amides is 2. The lowest BCUT2D eigenvalue weighted by Crippen LogP contribution is -2.52. The number of nitrogens with zero attached hydrogens (tertiary/aromatic N) is 2. The molecular formula is C23H26Cl2F3N3O4S. The maximum Gasteiger partial charge on any atom is 0.417 e. The first-order valence-corrected chi connectivity index (χ1v) is 13.3. The van der Waals surface area contributed by atoms with Crippen LogP contribution in [-0.2, 0) is 32.3 Å². The summed E-state index contributed by atoms with van der Waals surface area (Å²) in [5.74, 6) is -1.30. The van der Waals surface area contributed by atoms with Crippen LogP contribution in [0, 0.1) is 0 Å². The molecule has 2 aromatic rings. The number of carbonyl (C=O) groups excluding carboxylic acids is 2. The third kappa shape index (κ3) is 8.01. The van der Waals surface area contributed by atoms with Crippen LogP contribution >= 0.6 is 23.2 Å². The Morgan fingerprint density at radius 2 is 1.69 bits per heavy atom. The number of benzene rings is 2. The summed E-state index contributed by atoms with van der Waals surface area (Å²) in [5, 5.41) is 2.46. The molecule has 0 aliphatic carbocycles. The van der Waals surface area contributed by atoms with Crippen LogP contribution in [0.5, 0.6) is 0 Å². The fourth-order valence-electron chi connectivity index (χ4n) is 3.32. The number of hydrogen-bond acceptors (Lipinski definition) is 4. The van der Waals surface area contributed by atoms with Gasteiger partial charge in [-0.15, -0.1) is 0 Å². The first-order valence-electron chi connectivity index (χ1n) is 10.7. The van der Waals surface area contributed by atoms with Crippen LogP contribution in [0.15, 0.2) is 42.5 Å². The predicted molar refractivity (Wildman–Crippen MR) is 133 cm³/mol. The molecule has 36 heavy (non-hydrogen) atoms. The molecule has 7 nitrogen and oxygen atoms in total. The maximum absolute atomic E-state index is 13.4. The second-order valence-corrected chi connectivity index (χ2v) is 11.2. The molecule has 2 amide bonds. The molecule has 0 heterocycles. The SMILES string of the molecule is CC(C)NC(=O)[C@@H](C)N(Cc1cccc(Cl)c1)C(=O)CN(c1ccc(Cl)c(C(F)(F)F)c1)S(C)(=O)=O. The van der Waals surface area contributed by atoms with E-state index in [1.54, 1.807) is 38.1 Å². The third-order valence-corrected chi connectivity index (χ3v) is 6.77. The molecule has 0 spiro atoms. The Balaban J connectivity index is 2.48. The first kappa shape index (κ1) is 29.7. The Kier molecular flexibility index (Phi) is 9.66. The van der Waals surface area contributed by atoms with E-state index in [0.717, 1.165) is 23.3 Å². The van der Waals surface area contributed by atoms with Gasteiger partial charge in [0.05, 0.1) is 22.5 Å². The average molecular weight is 568 g/mol. The van der Waals surface area contributed by atoms with E-state index < -0.39 is 56.9 Å². The van der Waals surface area contributed by atoms with Crippen LogP contribution < -0.4 is 9.62 Å². The summed E-state index contributed by atoms with van der Waals surface area (Å²) in [6.07, 6.45) is -4.08. The molecule has 2 aromatic carbocycles. The van der Waals surface area contributed by atoms with Gasteiger partial charge in [0.25, 0.3) is 0 Å². The summed E-state index contributed by atoms with van der Waals surface area (Å²) in [7, 11) is -4.21. The normalized spacial score (nSPS) is 12.8. The minimum Gasteiger partial charge on any atom is -0.352 e. The highest BCUT2D eigenvalue weighted by atomic mass is 35.5. The Bertz CT molecular complexity index is 1220. The number of anilines is 1. The highest BCUT2D eigenvalue weighted by Gasteiger charge is 2.35. The molecule has 0 radical (unpaired) electrons. The van der Waals surface area contributed by atoms with Crippen LogP contribution in [0.3, 0.4) is 0 Å². The van der Waals surface area contributed by atoms with Gasteiger partial charge < -0.3 is 10.2 Å². The van der Waals surface area contributed by atoms with E-state index >= 15 is 0 Å². The summed E-state index contributed by atoms with van der Waals surface area (Å²) < 4.78 is 65.7. The molecule has 0 aliphatic heterocycles. The van der Waals surface area contributed by atoms with Gasteiger partial charge in [-0.25, -0.2) is 8.42 Å². The zero-order chi connectivity index (χ0) is 27.4. The zero-order valence-corrected chi connectivity index (χ0v) is 22.3. The van der Waals surface area contributed by atoms with Crippen molar-refractivity contribution in [2.24, 2.45) is 0 Å². The van der Waals surface area contributed by atoms with Crippen LogP contribution in [0.4, 0.5) is 18.9 Å². The number of halogens is 5. The van der Waals surface area contributed by atoms with E-state index in [1.807, 2.05) is 0 Å². The van der Waals surface area contributed by atoms with Gasteiger partial charge in [0.1, 0.15) is 12.6 Å².